The van der Waals surface area contributed by atoms with Gasteiger partial charge in [-0.2, -0.15) is 0 Å². The Labute approximate surface area is 117 Å². The number of nitrogens with one attached hydrogen (secondary N) is 1. The van der Waals surface area contributed by atoms with Crippen LogP contribution in [0.1, 0.15) is 23.2 Å². The van der Waals surface area contributed by atoms with Crippen molar-refractivity contribution in [2.75, 3.05) is 31.4 Å². The van der Waals surface area contributed by atoms with Crippen LogP contribution in [-0.2, 0) is 9.47 Å². The predicted octanol–water partition coefficient (Wildman–Crippen LogP) is 2.30. The van der Waals surface area contributed by atoms with E-state index in [1.54, 1.807) is 12.1 Å². The molecule has 1 aromatic carbocycles. The van der Waals surface area contributed by atoms with Crippen LogP contribution in [-0.4, -0.2) is 32.3 Å². The number of halogens is 1. The lowest BCUT2D eigenvalue weighted by Crippen LogP contribution is -2.28. The minimum atomic E-state index is -0.455. The average Bonchev–Trinajstić information content (AvgIpc) is 2.42. The molecule has 0 amide bonds. The quantitative estimate of drug-likeness (QED) is 0.658. The summed E-state index contributed by atoms with van der Waals surface area (Å²) in [5.41, 5.74) is 7.09. The zero-order valence-electron chi connectivity index (χ0n) is 10.7. The molecule has 1 saturated heterocycles. The molecule has 0 atom stereocenters. The van der Waals surface area contributed by atoms with Gasteiger partial charge in [0.1, 0.15) is 0 Å². The second-order valence-corrected chi connectivity index (χ2v) is 4.86. The molecule has 19 heavy (non-hydrogen) atoms. The number of benzene rings is 1. The first-order valence-electron chi connectivity index (χ1n) is 6.13. The van der Waals surface area contributed by atoms with Crippen LogP contribution in [0.15, 0.2) is 12.1 Å². The van der Waals surface area contributed by atoms with E-state index in [9.17, 15) is 4.79 Å². The summed E-state index contributed by atoms with van der Waals surface area (Å²) in [5, 5.41) is 3.71. The van der Waals surface area contributed by atoms with Crippen molar-refractivity contribution in [2.24, 2.45) is 0 Å². The molecule has 1 heterocycles. The van der Waals surface area contributed by atoms with Crippen molar-refractivity contribution < 1.29 is 14.3 Å². The SMILES string of the molecule is COC(=O)c1cc(N)cc(Cl)c1NC1CCOCC1. The van der Waals surface area contributed by atoms with Crippen LogP contribution in [0.3, 0.4) is 0 Å². The van der Waals surface area contributed by atoms with Crippen LogP contribution in [0.25, 0.3) is 0 Å². The fourth-order valence-electron chi connectivity index (χ4n) is 2.09. The van der Waals surface area contributed by atoms with E-state index < -0.39 is 5.97 Å². The topological polar surface area (TPSA) is 73.6 Å². The van der Waals surface area contributed by atoms with Gasteiger partial charge in [0.25, 0.3) is 0 Å². The Morgan fingerprint density at radius 3 is 2.79 bits per heavy atom. The molecule has 0 radical (unpaired) electrons. The van der Waals surface area contributed by atoms with Crippen LogP contribution >= 0.6 is 11.6 Å². The Morgan fingerprint density at radius 1 is 1.47 bits per heavy atom. The summed E-state index contributed by atoms with van der Waals surface area (Å²) in [6.45, 7) is 1.41. The maximum atomic E-state index is 11.8. The fraction of sp³-hybridized carbons (Fsp3) is 0.462. The summed E-state index contributed by atoms with van der Waals surface area (Å²) in [5.74, 6) is -0.455. The molecule has 3 N–H and O–H groups in total. The standard InChI is InChI=1S/C13H17ClN2O3/c1-18-13(17)10-6-8(15)7-11(14)12(10)16-9-2-4-19-5-3-9/h6-7,9,16H,2-5,15H2,1H3. The second-order valence-electron chi connectivity index (χ2n) is 4.45. The molecule has 0 unspecified atom stereocenters. The van der Waals surface area contributed by atoms with Gasteiger partial charge in [-0.1, -0.05) is 11.6 Å². The Bertz CT molecular complexity index is 473. The number of hydrogen-bond donors (Lipinski definition) is 2. The first-order chi connectivity index (χ1) is 9.11. The van der Waals surface area contributed by atoms with Crippen LogP contribution in [0.4, 0.5) is 11.4 Å². The van der Waals surface area contributed by atoms with Crippen molar-refractivity contribution in [3.05, 3.63) is 22.7 Å². The van der Waals surface area contributed by atoms with E-state index in [0.717, 1.165) is 12.8 Å². The van der Waals surface area contributed by atoms with Crippen molar-refractivity contribution >= 4 is 28.9 Å². The van der Waals surface area contributed by atoms with E-state index in [1.165, 1.54) is 7.11 Å². The van der Waals surface area contributed by atoms with E-state index >= 15 is 0 Å². The Morgan fingerprint density at radius 2 is 2.16 bits per heavy atom. The van der Waals surface area contributed by atoms with Gasteiger partial charge in [0.15, 0.2) is 0 Å². The molecule has 1 aliphatic heterocycles. The van der Waals surface area contributed by atoms with Crippen molar-refractivity contribution in [1.82, 2.24) is 0 Å². The zero-order valence-corrected chi connectivity index (χ0v) is 11.5. The Kier molecular flexibility index (Phi) is 4.50. The highest BCUT2D eigenvalue weighted by Crippen LogP contribution is 2.31. The number of nitrogens with two attached hydrogens (primary N) is 1. The summed E-state index contributed by atoms with van der Waals surface area (Å²) in [4.78, 5) is 11.8. The highest BCUT2D eigenvalue weighted by molar-refractivity contribution is 6.34. The molecule has 6 heteroatoms. The van der Waals surface area contributed by atoms with Gasteiger partial charge in [0.2, 0.25) is 0 Å². The van der Waals surface area contributed by atoms with Gasteiger partial charge < -0.3 is 20.5 Å². The molecular formula is C13H17ClN2O3. The van der Waals surface area contributed by atoms with Crippen LogP contribution in [0.2, 0.25) is 5.02 Å². The minimum absolute atomic E-state index is 0.235. The molecular weight excluding hydrogens is 268 g/mol. The molecule has 0 saturated carbocycles. The number of carbonyl (C=O) groups excluding carboxylic acids is 1. The van der Waals surface area contributed by atoms with Gasteiger partial charge in [-0.3, -0.25) is 0 Å². The monoisotopic (exact) mass is 284 g/mol. The Balaban J connectivity index is 2.28. The van der Waals surface area contributed by atoms with Crippen molar-refractivity contribution in [3.8, 4) is 0 Å². The molecule has 104 valence electrons. The lowest BCUT2D eigenvalue weighted by atomic mass is 10.1. The first kappa shape index (κ1) is 14.0. The molecule has 1 aliphatic rings. The molecule has 5 nitrogen and oxygen atoms in total. The normalized spacial score (nSPS) is 16.1. The lowest BCUT2D eigenvalue weighted by Gasteiger charge is -2.25. The summed E-state index contributed by atoms with van der Waals surface area (Å²) in [7, 11) is 1.33. The summed E-state index contributed by atoms with van der Waals surface area (Å²) >= 11 is 6.17. The largest absolute Gasteiger partial charge is 0.465 e. The van der Waals surface area contributed by atoms with Gasteiger partial charge in [0, 0.05) is 24.9 Å². The van der Waals surface area contributed by atoms with E-state index in [2.05, 4.69) is 5.32 Å². The highest BCUT2D eigenvalue weighted by atomic mass is 35.5. The number of methoxy groups -OCH3 is 1. The zero-order chi connectivity index (χ0) is 13.8. The predicted molar refractivity (Wildman–Crippen MR) is 74.7 cm³/mol. The number of anilines is 2. The average molecular weight is 285 g/mol. The third-order valence-corrected chi connectivity index (χ3v) is 3.39. The number of ether oxygens (including phenoxy) is 2. The van der Waals surface area contributed by atoms with Gasteiger partial charge in [-0.15, -0.1) is 0 Å². The van der Waals surface area contributed by atoms with Gasteiger partial charge in [-0.25, -0.2) is 4.79 Å². The fourth-order valence-corrected chi connectivity index (χ4v) is 2.37. The van der Waals surface area contributed by atoms with E-state index in [4.69, 9.17) is 26.8 Å². The first-order valence-corrected chi connectivity index (χ1v) is 6.51. The van der Waals surface area contributed by atoms with Crippen LogP contribution < -0.4 is 11.1 Å². The lowest BCUT2D eigenvalue weighted by molar-refractivity contribution is 0.0601. The molecule has 1 aromatic rings. The third-order valence-electron chi connectivity index (χ3n) is 3.09. The smallest absolute Gasteiger partial charge is 0.340 e. The van der Waals surface area contributed by atoms with Gasteiger partial charge >= 0.3 is 5.97 Å². The molecule has 0 aliphatic carbocycles. The summed E-state index contributed by atoms with van der Waals surface area (Å²) in [6.07, 6.45) is 1.75. The molecule has 2 rings (SSSR count). The van der Waals surface area contributed by atoms with E-state index in [1.807, 2.05) is 0 Å². The van der Waals surface area contributed by atoms with Crippen LogP contribution in [0.5, 0.6) is 0 Å². The number of esters is 1. The van der Waals surface area contributed by atoms with E-state index in [0.29, 0.717) is 35.2 Å². The maximum absolute atomic E-state index is 11.8. The summed E-state index contributed by atoms with van der Waals surface area (Å²) < 4.78 is 10.1. The molecule has 0 bridgehead atoms. The van der Waals surface area contributed by atoms with Crippen molar-refractivity contribution in [1.29, 1.82) is 0 Å². The highest BCUT2D eigenvalue weighted by Gasteiger charge is 2.20. The van der Waals surface area contributed by atoms with E-state index in [-0.39, 0.29) is 6.04 Å². The maximum Gasteiger partial charge on any atom is 0.340 e. The molecule has 1 fully saturated rings. The summed E-state index contributed by atoms with van der Waals surface area (Å²) in [6, 6.07) is 3.42. The number of carbonyl (C=O) groups is 1. The van der Waals surface area contributed by atoms with Gasteiger partial charge in [0.05, 0.1) is 23.4 Å². The number of nitrogen functional groups attached to an aromatic ring is 1. The Hall–Kier alpha value is -1.46. The van der Waals surface area contributed by atoms with Crippen LogP contribution in [0, 0.1) is 0 Å². The number of rotatable bonds is 3. The van der Waals surface area contributed by atoms with Crippen molar-refractivity contribution in [3.63, 3.8) is 0 Å². The number of hydrogen-bond acceptors (Lipinski definition) is 5. The van der Waals surface area contributed by atoms with Gasteiger partial charge in [-0.05, 0) is 25.0 Å². The minimum Gasteiger partial charge on any atom is -0.465 e. The second kappa shape index (κ2) is 6.12. The molecule has 0 spiro atoms. The third kappa shape index (κ3) is 3.30. The van der Waals surface area contributed by atoms with Crippen molar-refractivity contribution in [2.45, 2.75) is 18.9 Å². The molecule has 0 aromatic heterocycles.